The minimum absolute atomic E-state index is 0.0200. The molecule has 34 heavy (non-hydrogen) atoms. The molecule has 0 saturated heterocycles. The lowest BCUT2D eigenvalue weighted by Crippen LogP contribution is -2.44. The fourth-order valence-electron chi connectivity index (χ4n) is 3.51. The van der Waals surface area contributed by atoms with Gasteiger partial charge in [0, 0.05) is 29.9 Å². The minimum atomic E-state index is -4.50. The molecule has 3 heterocycles. The average molecular weight is 496 g/mol. The lowest BCUT2D eigenvalue weighted by Gasteiger charge is -2.31. The number of rotatable bonds is 4. The van der Waals surface area contributed by atoms with Crippen LogP contribution in [-0.2, 0) is 6.54 Å². The number of amides is 1. The van der Waals surface area contributed by atoms with E-state index >= 15 is 0 Å². The number of hydrogen-bond acceptors (Lipinski definition) is 5. The number of aromatic nitrogens is 4. The zero-order chi connectivity index (χ0) is 24.5. The Bertz CT molecular complexity index is 1210. The zero-order valence-corrected chi connectivity index (χ0v) is 18.5. The van der Waals surface area contributed by atoms with E-state index < -0.39 is 24.2 Å². The number of hydrogen-bond donors (Lipinski definition) is 4. The molecule has 1 aromatic carbocycles. The predicted molar refractivity (Wildman–Crippen MR) is 120 cm³/mol. The van der Waals surface area contributed by atoms with E-state index in [9.17, 15) is 22.4 Å². The molecular formula is C20H20F4N8OS. The first-order chi connectivity index (χ1) is 16.1. The van der Waals surface area contributed by atoms with Crippen molar-refractivity contribution in [1.82, 2.24) is 30.4 Å². The first-order valence-electron chi connectivity index (χ1n) is 10.2. The van der Waals surface area contributed by atoms with Crippen molar-refractivity contribution in [2.75, 3.05) is 10.6 Å². The predicted octanol–water partition coefficient (Wildman–Crippen LogP) is 3.21. The van der Waals surface area contributed by atoms with Gasteiger partial charge in [-0.25, -0.2) is 9.07 Å². The highest BCUT2D eigenvalue weighted by Gasteiger charge is 2.45. The van der Waals surface area contributed by atoms with Crippen molar-refractivity contribution in [2.45, 2.75) is 38.1 Å². The molecule has 0 spiro atoms. The van der Waals surface area contributed by atoms with Gasteiger partial charge >= 0.3 is 6.18 Å². The molecule has 1 aliphatic heterocycles. The third-order valence-electron chi connectivity index (χ3n) is 5.07. The van der Waals surface area contributed by atoms with Crippen molar-refractivity contribution < 1.29 is 22.4 Å². The molecular weight excluding hydrogens is 476 g/mol. The number of nitrogens with one attached hydrogen (secondary N) is 4. The standard InChI is InChI=1S/C20H20F4N8OS/c1-11-8-15(20(22,23)24)32-17(25-11)9-14(29-32)18(33)27-28-19(34)26-16-6-7-31(30-16)10-12-4-2-3-5-13(12)21/h2-7,9,11,15,25H,8,10H2,1H3,(H,27,33)(H2,26,28,30,34)/t11-,15+/m1/s1. The number of carbonyl (C=O) groups is 1. The van der Waals surface area contributed by atoms with Crippen LogP contribution in [0.1, 0.15) is 35.4 Å². The summed E-state index contributed by atoms with van der Waals surface area (Å²) in [6, 6.07) is 6.91. The summed E-state index contributed by atoms with van der Waals surface area (Å²) in [4.78, 5) is 12.4. The summed E-state index contributed by atoms with van der Waals surface area (Å²) in [6.45, 7) is 1.83. The molecule has 0 unspecified atom stereocenters. The first-order valence-corrected chi connectivity index (χ1v) is 10.6. The topological polar surface area (TPSA) is 101 Å². The number of nitrogens with zero attached hydrogens (tertiary/aromatic N) is 4. The van der Waals surface area contributed by atoms with Crippen molar-refractivity contribution in [1.29, 1.82) is 0 Å². The van der Waals surface area contributed by atoms with Crippen LogP contribution in [0.5, 0.6) is 0 Å². The Morgan fingerprint density at radius 3 is 2.74 bits per heavy atom. The Morgan fingerprint density at radius 1 is 1.24 bits per heavy atom. The van der Waals surface area contributed by atoms with Crippen molar-refractivity contribution in [3.63, 3.8) is 0 Å². The molecule has 14 heteroatoms. The van der Waals surface area contributed by atoms with E-state index in [1.165, 1.54) is 16.8 Å². The van der Waals surface area contributed by atoms with E-state index in [4.69, 9.17) is 12.2 Å². The maximum atomic E-state index is 13.8. The number of thiocarbonyl (C=S) groups is 1. The summed E-state index contributed by atoms with van der Waals surface area (Å²) >= 11 is 5.10. The summed E-state index contributed by atoms with van der Waals surface area (Å²) < 4.78 is 56.1. The van der Waals surface area contributed by atoms with Crippen LogP contribution in [0, 0.1) is 5.82 Å². The molecule has 0 bridgehead atoms. The van der Waals surface area contributed by atoms with E-state index in [1.54, 1.807) is 37.4 Å². The van der Waals surface area contributed by atoms with Gasteiger partial charge in [0.15, 0.2) is 22.7 Å². The lowest BCUT2D eigenvalue weighted by molar-refractivity contribution is -0.173. The molecule has 4 rings (SSSR count). The van der Waals surface area contributed by atoms with Crippen LogP contribution >= 0.6 is 12.2 Å². The highest BCUT2D eigenvalue weighted by Crippen LogP contribution is 2.39. The number of carbonyl (C=O) groups excluding carboxylic acids is 1. The van der Waals surface area contributed by atoms with Crippen LogP contribution in [0.4, 0.5) is 29.2 Å². The van der Waals surface area contributed by atoms with Gasteiger partial charge in [-0.2, -0.15) is 23.4 Å². The molecule has 180 valence electrons. The van der Waals surface area contributed by atoms with Crippen molar-refractivity contribution in [3.05, 3.63) is 59.7 Å². The van der Waals surface area contributed by atoms with Crippen LogP contribution in [0.25, 0.3) is 0 Å². The van der Waals surface area contributed by atoms with E-state index in [1.807, 2.05) is 0 Å². The third-order valence-corrected chi connectivity index (χ3v) is 5.28. The van der Waals surface area contributed by atoms with Crippen LogP contribution < -0.4 is 21.5 Å². The second kappa shape index (κ2) is 9.29. The quantitative estimate of drug-likeness (QED) is 0.250. The number of benzene rings is 1. The Labute approximate surface area is 196 Å². The van der Waals surface area contributed by atoms with Gasteiger partial charge in [-0.05, 0) is 31.6 Å². The molecule has 1 amide bonds. The van der Waals surface area contributed by atoms with Gasteiger partial charge in [-0.15, -0.1) is 0 Å². The molecule has 2 aromatic heterocycles. The van der Waals surface area contributed by atoms with Gasteiger partial charge in [0.2, 0.25) is 0 Å². The van der Waals surface area contributed by atoms with Crippen LogP contribution in [0.3, 0.4) is 0 Å². The normalized spacial score (nSPS) is 17.4. The average Bonchev–Trinajstić information content (AvgIpc) is 3.39. The Balaban J connectivity index is 1.33. The summed E-state index contributed by atoms with van der Waals surface area (Å²) in [5.74, 6) is -0.676. The minimum Gasteiger partial charge on any atom is -0.368 e. The number of alkyl halides is 3. The smallest absolute Gasteiger partial charge is 0.368 e. The number of halogens is 4. The van der Waals surface area contributed by atoms with Gasteiger partial charge in [0.05, 0.1) is 6.54 Å². The fraction of sp³-hybridized carbons (Fsp3) is 0.300. The summed E-state index contributed by atoms with van der Waals surface area (Å²) in [5.41, 5.74) is 4.98. The summed E-state index contributed by atoms with van der Waals surface area (Å²) in [6.07, 6.45) is -3.07. The van der Waals surface area contributed by atoms with E-state index in [0.29, 0.717) is 11.4 Å². The number of hydrazine groups is 1. The van der Waals surface area contributed by atoms with Crippen LogP contribution in [0.2, 0.25) is 0 Å². The molecule has 1 aliphatic rings. The van der Waals surface area contributed by atoms with E-state index in [-0.39, 0.29) is 35.4 Å². The highest BCUT2D eigenvalue weighted by molar-refractivity contribution is 7.80. The third kappa shape index (κ3) is 5.27. The monoisotopic (exact) mass is 496 g/mol. The Hall–Kier alpha value is -3.68. The first kappa shape index (κ1) is 23.5. The fourth-order valence-corrected chi connectivity index (χ4v) is 3.67. The van der Waals surface area contributed by atoms with Crippen molar-refractivity contribution in [2.24, 2.45) is 0 Å². The molecule has 0 radical (unpaired) electrons. The zero-order valence-electron chi connectivity index (χ0n) is 17.7. The van der Waals surface area contributed by atoms with Gasteiger partial charge in [0.25, 0.3) is 5.91 Å². The van der Waals surface area contributed by atoms with E-state index in [0.717, 1.165) is 4.68 Å². The molecule has 3 aromatic rings. The molecule has 0 saturated carbocycles. The van der Waals surface area contributed by atoms with Crippen LogP contribution in [-0.4, -0.2) is 42.8 Å². The molecule has 9 nitrogen and oxygen atoms in total. The molecule has 0 aliphatic carbocycles. The van der Waals surface area contributed by atoms with Gasteiger partial charge < -0.3 is 10.6 Å². The Morgan fingerprint density at radius 2 is 2.00 bits per heavy atom. The van der Waals surface area contributed by atoms with Gasteiger partial charge in [0.1, 0.15) is 11.6 Å². The number of fused-ring (bicyclic) bond motifs is 1. The van der Waals surface area contributed by atoms with Gasteiger partial charge in [-0.1, -0.05) is 18.2 Å². The second-order valence-electron chi connectivity index (χ2n) is 7.72. The van der Waals surface area contributed by atoms with Crippen LogP contribution in [0.15, 0.2) is 42.6 Å². The SMILES string of the molecule is C[C@@H]1C[C@@H](C(F)(F)F)n2nc(C(=O)NNC(=S)Nc3ccn(Cc4ccccc4F)n3)cc2N1. The summed E-state index contributed by atoms with van der Waals surface area (Å²) in [7, 11) is 0. The van der Waals surface area contributed by atoms with Crippen molar-refractivity contribution in [3.8, 4) is 0 Å². The maximum absolute atomic E-state index is 13.8. The Kier molecular flexibility index (Phi) is 6.41. The van der Waals surface area contributed by atoms with E-state index in [2.05, 4.69) is 31.7 Å². The second-order valence-corrected chi connectivity index (χ2v) is 8.13. The van der Waals surface area contributed by atoms with Crippen molar-refractivity contribution >= 4 is 34.9 Å². The largest absolute Gasteiger partial charge is 0.410 e. The highest BCUT2D eigenvalue weighted by atomic mass is 32.1. The molecule has 0 fully saturated rings. The molecule has 2 atom stereocenters. The lowest BCUT2D eigenvalue weighted by atomic mass is 10.1. The summed E-state index contributed by atoms with van der Waals surface area (Å²) in [5, 5.41) is 13.6. The van der Waals surface area contributed by atoms with Gasteiger partial charge in [-0.3, -0.25) is 20.3 Å². The number of anilines is 2. The molecule has 4 N–H and O–H groups in total. The maximum Gasteiger partial charge on any atom is 0.410 e.